The molecule has 0 heterocycles. The van der Waals surface area contributed by atoms with E-state index >= 15 is 0 Å². The molecule has 0 radical (unpaired) electrons. The molecule has 1 nitrogen and oxygen atoms in total. The second kappa shape index (κ2) is 7.28. The van der Waals surface area contributed by atoms with Gasteiger partial charge in [-0.2, -0.15) is 0 Å². The first-order valence-electron chi connectivity index (χ1n) is 6.14. The van der Waals surface area contributed by atoms with Crippen molar-refractivity contribution in [3.05, 3.63) is 0 Å². The fraction of sp³-hybridized carbons (Fsp3) is 1.00. The van der Waals surface area contributed by atoms with Crippen molar-refractivity contribution in [3.63, 3.8) is 0 Å². The average Bonchev–Trinajstić information content (AvgIpc) is 2.02. The highest BCUT2D eigenvalue weighted by atomic mass is 15.1. The Bertz CT molecular complexity index is 124. The normalized spacial score (nSPS) is 12.4. The molecule has 0 bridgehead atoms. The van der Waals surface area contributed by atoms with Crippen molar-refractivity contribution in [2.24, 2.45) is 5.41 Å². The molecule has 0 aliphatic rings. The maximum Gasteiger partial charge on any atom is -0.00218 e. The lowest BCUT2D eigenvalue weighted by atomic mass is 9.89. The second-order valence-corrected chi connectivity index (χ2v) is 5.67. The molecule has 0 aliphatic heterocycles. The third-order valence-corrected chi connectivity index (χ3v) is 2.57. The predicted molar refractivity (Wildman–Crippen MR) is 65.7 cm³/mol. The Hall–Kier alpha value is -0.0400. The van der Waals surface area contributed by atoms with Crippen molar-refractivity contribution in [1.82, 2.24) is 4.90 Å². The van der Waals surface area contributed by atoms with Gasteiger partial charge < -0.3 is 4.90 Å². The van der Waals surface area contributed by atoms with Gasteiger partial charge >= 0.3 is 0 Å². The molecule has 0 saturated heterocycles. The van der Waals surface area contributed by atoms with Gasteiger partial charge in [-0.25, -0.2) is 0 Å². The number of nitrogens with zero attached hydrogens (tertiary/aromatic N) is 1. The highest BCUT2D eigenvalue weighted by Crippen LogP contribution is 2.21. The molecule has 1 heteroatoms. The molecule has 0 saturated carbocycles. The Morgan fingerprint density at radius 3 is 2.07 bits per heavy atom. The van der Waals surface area contributed by atoms with Crippen molar-refractivity contribution in [3.8, 4) is 0 Å². The van der Waals surface area contributed by atoms with Crippen LogP contribution in [0.15, 0.2) is 0 Å². The van der Waals surface area contributed by atoms with E-state index in [1.807, 2.05) is 0 Å². The summed E-state index contributed by atoms with van der Waals surface area (Å²) in [6, 6.07) is 0. The molecule has 0 rings (SSSR count). The van der Waals surface area contributed by atoms with E-state index in [0.717, 1.165) is 0 Å². The number of hydrogen-bond acceptors (Lipinski definition) is 1. The smallest absolute Gasteiger partial charge is 0.00218 e. The largest absolute Gasteiger partial charge is 0.306 e. The maximum atomic E-state index is 2.44. The minimum absolute atomic E-state index is 0.523. The molecule has 14 heavy (non-hydrogen) atoms. The summed E-state index contributed by atoms with van der Waals surface area (Å²) >= 11 is 0. The Morgan fingerprint density at radius 1 is 0.929 bits per heavy atom. The maximum absolute atomic E-state index is 2.44. The summed E-state index contributed by atoms with van der Waals surface area (Å²) in [7, 11) is 2.23. The highest BCUT2D eigenvalue weighted by molar-refractivity contribution is 4.61. The van der Waals surface area contributed by atoms with Gasteiger partial charge in [0.15, 0.2) is 0 Å². The summed E-state index contributed by atoms with van der Waals surface area (Å²) in [6.07, 6.45) is 6.80. The Balaban J connectivity index is 3.21. The SMILES string of the molecule is CCCN(C)CCCCCC(C)(C)C. The van der Waals surface area contributed by atoms with Crippen LogP contribution in [0.5, 0.6) is 0 Å². The first kappa shape index (κ1) is 14.0. The molecule has 0 atom stereocenters. The van der Waals surface area contributed by atoms with Crippen molar-refractivity contribution < 1.29 is 0 Å². The quantitative estimate of drug-likeness (QED) is 0.561. The zero-order valence-corrected chi connectivity index (χ0v) is 10.9. The molecule has 0 aromatic heterocycles. The van der Waals surface area contributed by atoms with Crippen LogP contribution in [-0.4, -0.2) is 25.0 Å². The van der Waals surface area contributed by atoms with Gasteiger partial charge in [-0.05, 0) is 44.8 Å². The summed E-state index contributed by atoms with van der Waals surface area (Å²) in [4.78, 5) is 2.44. The Kier molecular flexibility index (Phi) is 7.26. The third kappa shape index (κ3) is 10.0. The molecule has 0 aromatic rings. The molecule has 0 amide bonds. The van der Waals surface area contributed by atoms with Crippen LogP contribution < -0.4 is 0 Å². The van der Waals surface area contributed by atoms with E-state index < -0.39 is 0 Å². The molecular formula is C13H29N. The number of hydrogen-bond donors (Lipinski definition) is 0. The van der Waals surface area contributed by atoms with E-state index in [-0.39, 0.29) is 0 Å². The van der Waals surface area contributed by atoms with E-state index in [4.69, 9.17) is 0 Å². The van der Waals surface area contributed by atoms with Crippen molar-refractivity contribution in [1.29, 1.82) is 0 Å². The van der Waals surface area contributed by atoms with Gasteiger partial charge in [-0.15, -0.1) is 0 Å². The van der Waals surface area contributed by atoms with Crippen LogP contribution in [0, 0.1) is 5.41 Å². The standard InChI is InChI=1S/C13H29N/c1-6-11-14(5)12-9-7-8-10-13(2,3)4/h6-12H2,1-5H3. The van der Waals surface area contributed by atoms with E-state index in [0.29, 0.717) is 5.41 Å². The molecule has 0 aromatic carbocycles. The van der Waals surface area contributed by atoms with Crippen LogP contribution in [0.1, 0.15) is 59.8 Å². The zero-order valence-electron chi connectivity index (χ0n) is 10.9. The highest BCUT2D eigenvalue weighted by Gasteiger charge is 2.08. The van der Waals surface area contributed by atoms with E-state index in [2.05, 4.69) is 39.6 Å². The fourth-order valence-electron chi connectivity index (χ4n) is 1.71. The number of rotatable bonds is 7. The summed E-state index contributed by atoms with van der Waals surface area (Å²) < 4.78 is 0. The van der Waals surface area contributed by atoms with Crippen LogP contribution in [0.2, 0.25) is 0 Å². The lowest BCUT2D eigenvalue weighted by Crippen LogP contribution is -2.20. The first-order chi connectivity index (χ1) is 6.45. The Morgan fingerprint density at radius 2 is 1.57 bits per heavy atom. The van der Waals surface area contributed by atoms with Gasteiger partial charge in [-0.3, -0.25) is 0 Å². The molecule has 0 spiro atoms. The molecule has 0 fully saturated rings. The van der Waals surface area contributed by atoms with Crippen molar-refractivity contribution in [2.45, 2.75) is 59.8 Å². The van der Waals surface area contributed by atoms with Gasteiger partial charge in [-0.1, -0.05) is 40.5 Å². The van der Waals surface area contributed by atoms with Crippen LogP contribution in [0.25, 0.3) is 0 Å². The van der Waals surface area contributed by atoms with Crippen molar-refractivity contribution in [2.75, 3.05) is 20.1 Å². The lowest BCUT2D eigenvalue weighted by molar-refractivity contribution is 0.312. The lowest BCUT2D eigenvalue weighted by Gasteiger charge is -2.18. The molecule has 86 valence electrons. The third-order valence-electron chi connectivity index (χ3n) is 2.57. The average molecular weight is 199 g/mol. The molecule has 0 aliphatic carbocycles. The number of unbranched alkanes of at least 4 members (excludes halogenated alkanes) is 2. The van der Waals surface area contributed by atoms with Gasteiger partial charge in [0.2, 0.25) is 0 Å². The van der Waals surface area contributed by atoms with Gasteiger partial charge in [0, 0.05) is 0 Å². The molecule has 0 unspecified atom stereocenters. The zero-order chi connectivity index (χ0) is 11.0. The van der Waals surface area contributed by atoms with Gasteiger partial charge in [0.25, 0.3) is 0 Å². The van der Waals surface area contributed by atoms with E-state index in [1.54, 1.807) is 0 Å². The van der Waals surface area contributed by atoms with E-state index in [1.165, 1.54) is 45.2 Å². The fourth-order valence-corrected chi connectivity index (χ4v) is 1.71. The van der Waals surface area contributed by atoms with Crippen LogP contribution in [-0.2, 0) is 0 Å². The molecular weight excluding hydrogens is 170 g/mol. The minimum atomic E-state index is 0.523. The Labute approximate surface area is 90.9 Å². The summed E-state index contributed by atoms with van der Waals surface area (Å²) in [5.74, 6) is 0. The van der Waals surface area contributed by atoms with Crippen molar-refractivity contribution >= 4 is 0 Å². The second-order valence-electron chi connectivity index (χ2n) is 5.67. The molecule has 0 N–H and O–H groups in total. The minimum Gasteiger partial charge on any atom is -0.306 e. The topological polar surface area (TPSA) is 3.24 Å². The summed E-state index contributed by atoms with van der Waals surface area (Å²) in [5.41, 5.74) is 0.523. The van der Waals surface area contributed by atoms with E-state index in [9.17, 15) is 0 Å². The van der Waals surface area contributed by atoms with Crippen LogP contribution >= 0.6 is 0 Å². The van der Waals surface area contributed by atoms with Gasteiger partial charge in [0.1, 0.15) is 0 Å². The monoisotopic (exact) mass is 199 g/mol. The summed E-state index contributed by atoms with van der Waals surface area (Å²) in [6.45, 7) is 11.8. The van der Waals surface area contributed by atoms with Crippen LogP contribution in [0.3, 0.4) is 0 Å². The summed E-state index contributed by atoms with van der Waals surface area (Å²) in [5, 5.41) is 0. The van der Waals surface area contributed by atoms with Gasteiger partial charge in [0.05, 0.1) is 0 Å². The van der Waals surface area contributed by atoms with Crippen LogP contribution in [0.4, 0.5) is 0 Å². The first-order valence-corrected chi connectivity index (χ1v) is 6.14. The predicted octanol–water partition coefficient (Wildman–Crippen LogP) is 3.93.